The average Bonchev–Trinajstić information content (AvgIpc) is 2.83. The molecule has 0 spiro atoms. The second-order valence-electron chi connectivity index (χ2n) is 8.35. The minimum Gasteiger partial charge on any atom is -0.493 e. The molecule has 0 radical (unpaired) electrons. The Hall–Kier alpha value is -3.02. The molecule has 172 valence electrons. The summed E-state index contributed by atoms with van der Waals surface area (Å²) in [5.41, 5.74) is 5.41. The van der Waals surface area contributed by atoms with Crippen molar-refractivity contribution in [1.82, 2.24) is 10.2 Å². The van der Waals surface area contributed by atoms with E-state index in [4.69, 9.17) is 21.1 Å². The first kappa shape index (κ1) is 23.1. The molecular weight excluding hydrogens is 436 g/mol. The summed E-state index contributed by atoms with van der Waals surface area (Å²) in [4.78, 5) is 15.3. The van der Waals surface area contributed by atoms with Gasteiger partial charge in [-0.3, -0.25) is 9.69 Å². The zero-order valence-corrected chi connectivity index (χ0v) is 20.0. The summed E-state index contributed by atoms with van der Waals surface area (Å²) in [5.74, 6) is 1.28. The summed E-state index contributed by atoms with van der Waals surface area (Å²) in [6, 6.07) is 19.7. The lowest BCUT2D eigenvalue weighted by atomic mass is 9.91. The van der Waals surface area contributed by atoms with Crippen molar-refractivity contribution in [3.05, 3.63) is 93.5 Å². The number of halogens is 1. The molecule has 0 fully saturated rings. The smallest absolute Gasteiger partial charge is 0.251 e. The predicted molar refractivity (Wildman–Crippen MR) is 131 cm³/mol. The number of carbonyl (C=O) groups excluding carboxylic acids is 1. The second kappa shape index (κ2) is 10.3. The van der Waals surface area contributed by atoms with E-state index in [2.05, 4.69) is 47.5 Å². The third-order valence-electron chi connectivity index (χ3n) is 6.16. The standard InChI is InChI=1S/C27H29ClN2O3/c1-18-7-9-19(10-8-18)17-30-12-11-20-14-25(32-2)26(33-3)15-23(20)24(30)16-29-27(31)21-5-4-6-22(28)13-21/h4-10,13-15,24H,11-12,16-17H2,1-3H3,(H,29,31). The van der Waals surface area contributed by atoms with Gasteiger partial charge >= 0.3 is 0 Å². The fourth-order valence-corrected chi connectivity index (χ4v) is 4.55. The lowest BCUT2D eigenvalue weighted by Gasteiger charge is -2.38. The SMILES string of the molecule is COc1cc2c(cc1OC)C(CNC(=O)c1cccc(Cl)c1)N(Cc1ccc(C)cc1)CC2. The Morgan fingerprint density at radius 1 is 1.06 bits per heavy atom. The molecule has 33 heavy (non-hydrogen) atoms. The fraction of sp³-hybridized carbons (Fsp3) is 0.296. The van der Waals surface area contributed by atoms with Gasteiger partial charge in [-0.2, -0.15) is 0 Å². The van der Waals surface area contributed by atoms with Gasteiger partial charge in [-0.15, -0.1) is 0 Å². The number of methoxy groups -OCH3 is 2. The van der Waals surface area contributed by atoms with Gasteiger partial charge in [0.15, 0.2) is 11.5 Å². The first-order chi connectivity index (χ1) is 16.0. The van der Waals surface area contributed by atoms with E-state index >= 15 is 0 Å². The number of nitrogens with zero attached hydrogens (tertiary/aromatic N) is 1. The Bertz CT molecular complexity index is 1130. The maximum absolute atomic E-state index is 12.8. The number of fused-ring (bicyclic) bond motifs is 1. The Morgan fingerprint density at radius 3 is 2.48 bits per heavy atom. The van der Waals surface area contributed by atoms with Gasteiger partial charge in [0.2, 0.25) is 0 Å². The van der Waals surface area contributed by atoms with Crippen LogP contribution in [-0.4, -0.2) is 38.1 Å². The summed E-state index contributed by atoms with van der Waals surface area (Å²) >= 11 is 6.08. The van der Waals surface area contributed by atoms with E-state index in [0.29, 0.717) is 22.9 Å². The summed E-state index contributed by atoms with van der Waals surface area (Å²) < 4.78 is 11.1. The number of rotatable bonds is 7. The Balaban J connectivity index is 1.62. The average molecular weight is 465 g/mol. The summed E-state index contributed by atoms with van der Waals surface area (Å²) in [7, 11) is 3.30. The topological polar surface area (TPSA) is 50.8 Å². The monoisotopic (exact) mass is 464 g/mol. The fourth-order valence-electron chi connectivity index (χ4n) is 4.36. The lowest BCUT2D eigenvalue weighted by Crippen LogP contribution is -2.41. The summed E-state index contributed by atoms with van der Waals surface area (Å²) in [5, 5.41) is 3.66. The van der Waals surface area contributed by atoms with Crippen LogP contribution in [-0.2, 0) is 13.0 Å². The Kier molecular flexibility index (Phi) is 7.21. The molecule has 1 atom stereocenters. The van der Waals surface area contributed by atoms with Crippen LogP contribution in [0, 0.1) is 6.92 Å². The highest BCUT2D eigenvalue weighted by Crippen LogP contribution is 2.38. The zero-order chi connectivity index (χ0) is 23.4. The van der Waals surface area contributed by atoms with Crippen LogP contribution in [0.2, 0.25) is 5.02 Å². The number of carbonyl (C=O) groups is 1. The van der Waals surface area contributed by atoms with Crippen molar-refractivity contribution < 1.29 is 14.3 Å². The minimum atomic E-state index is -0.139. The summed E-state index contributed by atoms with van der Waals surface area (Å²) in [6.07, 6.45) is 0.903. The van der Waals surface area contributed by atoms with E-state index in [9.17, 15) is 4.79 Å². The molecule has 1 N–H and O–H groups in total. The van der Waals surface area contributed by atoms with Gasteiger partial charge in [0.05, 0.1) is 20.3 Å². The normalized spacial score (nSPS) is 15.6. The molecule has 1 aliphatic rings. The van der Waals surface area contributed by atoms with Gasteiger partial charge in [0.1, 0.15) is 0 Å². The van der Waals surface area contributed by atoms with Crippen LogP contribution in [0.1, 0.15) is 38.7 Å². The molecule has 1 amide bonds. The third-order valence-corrected chi connectivity index (χ3v) is 6.40. The maximum Gasteiger partial charge on any atom is 0.251 e. The van der Waals surface area contributed by atoms with E-state index < -0.39 is 0 Å². The zero-order valence-electron chi connectivity index (χ0n) is 19.2. The minimum absolute atomic E-state index is 0.00186. The van der Waals surface area contributed by atoms with Crippen LogP contribution in [0.25, 0.3) is 0 Å². The van der Waals surface area contributed by atoms with Crippen molar-refractivity contribution in [3.63, 3.8) is 0 Å². The molecule has 3 aromatic rings. The van der Waals surface area contributed by atoms with Gasteiger partial charge in [0.25, 0.3) is 5.91 Å². The van der Waals surface area contributed by atoms with Gasteiger partial charge < -0.3 is 14.8 Å². The van der Waals surface area contributed by atoms with Crippen molar-refractivity contribution in [1.29, 1.82) is 0 Å². The Labute approximate surface area is 200 Å². The van der Waals surface area contributed by atoms with Crippen molar-refractivity contribution >= 4 is 17.5 Å². The van der Waals surface area contributed by atoms with Crippen molar-refractivity contribution in [2.24, 2.45) is 0 Å². The van der Waals surface area contributed by atoms with Gasteiger partial charge in [-0.05, 0) is 60.4 Å². The number of ether oxygens (including phenoxy) is 2. The van der Waals surface area contributed by atoms with Crippen molar-refractivity contribution in [3.8, 4) is 11.5 Å². The van der Waals surface area contributed by atoms with Crippen molar-refractivity contribution in [2.45, 2.75) is 25.9 Å². The molecule has 0 saturated carbocycles. The highest BCUT2D eigenvalue weighted by molar-refractivity contribution is 6.30. The first-order valence-corrected chi connectivity index (χ1v) is 11.4. The van der Waals surface area contributed by atoms with E-state index in [-0.39, 0.29) is 11.9 Å². The van der Waals surface area contributed by atoms with E-state index in [1.807, 2.05) is 6.07 Å². The number of benzene rings is 3. The van der Waals surface area contributed by atoms with Gasteiger partial charge in [-0.25, -0.2) is 0 Å². The molecule has 1 unspecified atom stereocenters. The molecule has 0 bridgehead atoms. The molecule has 5 nitrogen and oxygen atoms in total. The number of hydrogen-bond donors (Lipinski definition) is 1. The number of amides is 1. The Morgan fingerprint density at radius 2 is 1.79 bits per heavy atom. The highest BCUT2D eigenvalue weighted by atomic mass is 35.5. The highest BCUT2D eigenvalue weighted by Gasteiger charge is 2.29. The van der Waals surface area contributed by atoms with Crippen LogP contribution in [0.3, 0.4) is 0 Å². The lowest BCUT2D eigenvalue weighted by molar-refractivity contribution is 0.0926. The van der Waals surface area contributed by atoms with E-state index in [1.165, 1.54) is 16.7 Å². The molecular formula is C27H29ClN2O3. The first-order valence-electron chi connectivity index (χ1n) is 11.1. The third kappa shape index (κ3) is 5.32. The van der Waals surface area contributed by atoms with E-state index in [1.54, 1.807) is 38.5 Å². The second-order valence-corrected chi connectivity index (χ2v) is 8.78. The molecule has 0 saturated heterocycles. The van der Waals surface area contributed by atoms with Crippen LogP contribution in [0.5, 0.6) is 11.5 Å². The van der Waals surface area contributed by atoms with Crippen LogP contribution in [0.4, 0.5) is 0 Å². The molecule has 3 aromatic carbocycles. The number of aryl methyl sites for hydroxylation is 1. The summed E-state index contributed by atoms with van der Waals surface area (Å²) in [6.45, 7) is 4.24. The molecule has 1 aliphatic heterocycles. The number of nitrogens with one attached hydrogen (secondary N) is 1. The maximum atomic E-state index is 12.8. The number of hydrogen-bond acceptors (Lipinski definition) is 4. The largest absolute Gasteiger partial charge is 0.493 e. The van der Waals surface area contributed by atoms with Crippen LogP contribution in [0.15, 0.2) is 60.7 Å². The quantitative estimate of drug-likeness (QED) is 0.522. The molecule has 1 heterocycles. The van der Waals surface area contributed by atoms with Gasteiger partial charge in [-0.1, -0.05) is 47.5 Å². The predicted octanol–water partition coefficient (Wildman–Crippen LogP) is 5.20. The van der Waals surface area contributed by atoms with Crippen LogP contribution >= 0.6 is 11.6 Å². The molecule has 0 aliphatic carbocycles. The van der Waals surface area contributed by atoms with Gasteiger partial charge in [0, 0.05) is 30.2 Å². The molecule has 6 heteroatoms. The van der Waals surface area contributed by atoms with Crippen LogP contribution < -0.4 is 14.8 Å². The molecule has 0 aromatic heterocycles. The molecule has 4 rings (SSSR count). The van der Waals surface area contributed by atoms with E-state index in [0.717, 1.165) is 30.8 Å². The van der Waals surface area contributed by atoms with Crippen molar-refractivity contribution in [2.75, 3.05) is 27.3 Å².